The highest BCUT2D eigenvalue weighted by molar-refractivity contribution is 5.77. The molecule has 2 aromatic rings. The van der Waals surface area contributed by atoms with Crippen molar-refractivity contribution in [3.63, 3.8) is 0 Å². The first-order valence-electron chi connectivity index (χ1n) is 11.7. The van der Waals surface area contributed by atoms with Gasteiger partial charge in [0.05, 0.1) is 6.04 Å². The van der Waals surface area contributed by atoms with Crippen molar-refractivity contribution in [3.05, 3.63) is 77.4 Å². The van der Waals surface area contributed by atoms with Gasteiger partial charge in [-0.3, -0.25) is 9.69 Å². The van der Waals surface area contributed by atoms with Crippen molar-refractivity contribution in [3.8, 4) is 0 Å². The first-order chi connectivity index (χ1) is 15.1. The van der Waals surface area contributed by atoms with Crippen molar-refractivity contribution >= 4 is 11.5 Å². The van der Waals surface area contributed by atoms with Crippen molar-refractivity contribution in [2.45, 2.75) is 50.6 Å². The van der Waals surface area contributed by atoms with Gasteiger partial charge in [-0.1, -0.05) is 55.1 Å². The maximum atomic E-state index is 12.9. The van der Waals surface area contributed by atoms with Crippen LogP contribution in [0.2, 0.25) is 0 Å². The monoisotopic (exact) mass is 417 g/mol. The van der Waals surface area contributed by atoms with E-state index >= 15 is 0 Å². The molecule has 4 rings (SSSR count). The van der Waals surface area contributed by atoms with Crippen LogP contribution in [0.15, 0.2) is 55.1 Å². The van der Waals surface area contributed by atoms with Gasteiger partial charge in [0.2, 0.25) is 5.91 Å². The Balaban J connectivity index is 1.40. The number of benzene rings is 2. The van der Waals surface area contributed by atoms with Gasteiger partial charge in [-0.15, -0.1) is 0 Å². The molecule has 31 heavy (non-hydrogen) atoms. The first-order valence-corrected chi connectivity index (χ1v) is 11.7. The molecule has 2 aromatic carbocycles. The third kappa shape index (κ3) is 5.44. The number of hydrogen-bond acceptors (Lipinski definition) is 3. The van der Waals surface area contributed by atoms with E-state index in [1.54, 1.807) is 0 Å². The summed E-state index contributed by atoms with van der Waals surface area (Å²) in [5, 5.41) is 6.59. The second-order valence-electron chi connectivity index (χ2n) is 8.97. The molecule has 1 amide bonds. The Bertz CT molecular complexity index is 902. The summed E-state index contributed by atoms with van der Waals surface area (Å²) < 4.78 is 0. The van der Waals surface area contributed by atoms with Crippen molar-refractivity contribution < 1.29 is 4.79 Å². The predicted molar refractivity (Wildman–Crippen MR) is 128 cm³/mol. The standard InChI is InChI=1S/C27H35N3O/c1-20(19-30-15-6-7-16-30)22-13-14-24-23(17-22)11-8-12-25(24)29-27(31)18-26(28-2)21-9-4-3-5-10-21/h3-5,9-10,13-14,17,25-26,28H,1,6-8,11-12,15-16,18-19H2,2H3,(H,29,31)/t25-,26-/m1/s1. The Labute approximate surface area is 186 Å². The lowest BCUT2D eigenvalue weighted by Crippen LogP contribution is -2.33. The Morgan fingerprint density at radius 3 is 2.65 bits per heavy atom. The molecule has 0 saturated carbocycles. The Morgan fingerprint density at radius 2 is 1.90 bits per heavy atom. The van der Waals surface area contributed by atoms with Crippen LogP contribution in [-0.4, -0.2) is 37.5 Å². The number of aryl methyl sites for hydroxylation is 1. The van der Waals surface area contributed by atoms with E-state index in [1.807, 2.05) is 25.2 Å². The lowest BCUT2D eigenvalue weighted by molar-refractivity contribution is -0.122. The number of nitrogens with zero attached hydrogens (tertiary/aromatic N) is 1. The molecule has 0 spiro atoms. The Kier molecular flexibility index (Phi) is 7.21. The summed E-state index contributed by atoms with van der Waals surface area (Å²) in [5.41, 5.74) is 6.24. The highest BCUT2D eigenvalue weighted by atomic mass is 16.1. The molecule has 2 aliphatic rings. The molecule has 4 nitrogen and oxygen atoms in total. The fraction of sp³-hybridized carbons (Fsp3) is 0.444. The number of carbonyl (C=O) groups is 1. The van der Waals surface area contributed by atoms with Crippen LogP contribution >= 0.6 is 0 Å². The van der Waals surface area contributed by atoms with Crippen LogP contribution in [0.3, 0.4) is 0 Å². The molecule has 0 aromatic heterocycles. The van der Waals surface area contributed by atoms with E-state index < -0.39 is 0 Å². The third-order valence-corrected chi connectivity index (χ3v) is 6.75. The van der Waals surface area contributed by atoms with Crippen LogP contribution < -0.4 is 10.6 Å². The lowest BCUT2D eigenvalue weighted by atomic mass is 9.85. The molecule has 164 valence electrons. The Morgan fingerprint density at radius 1 is 1.13 bits per heavy atom. The van der Waals surface area contributed by atoms with Crippen molar-refractivity contribution in [1.29, 1.82) is 0 Å². The first kappa shape index (κ1) is 21.8. The molecule has 1 aliphatic heterocycles. The van der Waals surface area contributed by atoms with E-state index in [0.717, 1.165) is 31.4 Å². The minimum Gasteiger partial charge on any atom is -0.349 e. The maximum absolute atomic E-state index is 12.9. The Hall–Kier alpha value is -2.43. The molecule has 1 heterocycles. The zero-order valence-electron chi connectivity index (χ0n) is 18.7. The molecular weight excluding hydrogens is 382 g/mol. The number of likely N-dealkylation sites (tertiary alicyclic amines) is 1. The van der Waals surface area contributed by atoms with Crippen LogP contribution in [0.5, 0.6) is 0 Å². The van der Waals surface area contributed by atoms with Gasteiger partial charge in [0.15, 0.2) is 0 Å². The summed E-state index contributed by atoms with van der Waals surface area (Å²) in [6.45, 7) is 7.70. The fourth-order valence-electron chi connectivity index (χ4n) is 5.00. The number of nitrogens with one attached hydrogen (secondary N) is 2. The summed E-state index contributed by atoms with van der Waals surface area (Å²) in [6.07, 6.45) is 6.23. The summed E-state index contributed by atoms with van der Waals surface area (Å²) in [7, 11) is 1.91. The van der Waals surface area contributed by atoms with Gasteiger partial charge < -0.3 is 10.6 Å². The average Bonchev–Trinajstić information content (AvgIpc) is 3.31. The summed E-state index contributed by atoms with van der Waals surface area (Å²) in [4.78, 5) is 15.4. The van der Waals surface area contributed by atoms with Crippen molar-refractivity contribution in [2.24, 2.45) is 0 Å². The molecular formula is C27H35N3O. The molecule has 4 heteroatoms. The lowest BCUT2D eigenvalue weighted by Gasteiger charge is -2.28. The number of fused-ring (bicyclic) bond motifs is 1. The van der Waals surface area contributed by atoms with Crippen LogP contribution in [0.1, 0.15) is 66.4 Å². The molecule has 0 unspecified atom stereocenters. The highest BCUT2D eigenvalue weighted by Crippen LogP contribution is 2.32. The van der Waals surface area contributed by atoms with Gasteiger partial charge in [0.25, 0.3) is 0 Å². The van der Waals surface area contributed by atoms with Crippen LogP contribution in [0.25, 0.3) is 5.57 Å². The minimum absolute atomic E-state index is 0.0283. The largest absolute Gasteiger partial charge is 0.349 e. The topological polar surface area (TPSA) is 44.4 Å². The van der Waals surface area contributed by atoms with E-state index in [9.17, 15) is 4.79 Å². The second kappa shape index (κ2) is 10.3. The van der Waals surface area contributed by atoms with Crippen LogP contribution in [0, 0.1) is 0 Å². The quantitative estimate of drug-likeness (QED) is 0.658. The highest BCUT2D eigenvalue weighted by Gasteiger charge is 2.24. The van der Waals surface area contributed by atoms with Gasteiger partial charge in [0, 0.05) is 19.0 Å². The van der Waals surface area contributed by atoms with Gasteiger partial charge in [0.1, 0.15) is 0 Å². The van der Waals surface area contributed by atoms with Crippen LogP contribution in [0.4, 0.5) is 0 Å². The smallest absolute Gasteiger partial charge is 0.222 e. The van der Waals surface area contributed by atoms with E-state index in [0.29, 0.717) is 6.42 Å². The second-order valence-corrected chi connectivity index (χ2v) is 8.97. The van der Waals surface area contributed by atoms with Gasteiger partial charge >= 0.3 is 0 Å². The van der Waals surface area contributed by atoms with E-state index in [2.05, 4.69) is 52.4 Å². The molecule has 0 radical (unpaired) electrons. The number of carbonyl (C=O) groups excluding carboxylic acids is 1. The molecule has 1 fully saturated rings. The normalized spacial score (nSPS) is 19.6. The SMILES string of the molecule is C=C(CN1CCCC1)c1ccc2c(c1)CCC[C@H]2NC(=O)C[C@@H](NC)c1ccccc1. The minimum atomic E-state index is 0.0283. The molecule has 2 N–H and O–H groups in total. The van der Waals surface area contributed by atoms with Gasteiger partial charge in [-0.25, -0.2) is 0 Å². The fourth-order valence-corrected chi connectivity index (χ4v) is 5.00. The number of amides is 1. The van der Waals surface area contributed by atoms with Crippen molar-refractivity contribution in [2.75, 3.05) is 26.7 Å². The average molecular weight is 418 g/mol. The number of hydrogen-bond donors (Lipinski definition) is 2. The summed E-state index contributed by atoms with van der Waals surface area (Å²) in [5.74, 6) is 0.101. The third-order valence-electron chi connectivity index (χ3n) is 6.75. The van der Waals surface area contributed by atoms with Gasteiger partial charge in [-0.05, 0) is 80.1 Å². The zero-order chi connectivity index (χ0) is 21.6. The van der Waals surface area contributed by atoms with Crippen LogP contribution in [-0.2, 0) is 11.2 Å². The van der Waals surface area contributed by atoms with E-state index in [1.165, 1.54) is 48.2 Å². The zero-order valence-corrected chi connectivity index (χ0v) is 18.7. The predicted octanol–water partition coefficient (Wildman–Crippen LogP) is 4.64. The number of rotatable bonds is 8. The van der Waals surface area contributed by atoms with E-state index in [-0.39, 0.29) is 18.0 Å². The molecule has 1 saturated heterocycles. The maximum Gasteiger partial charge on any atom is 0.222 e. The summed E-state index contributed by atoms with van der Waals surface area (Å²) in [6, 6.07) is 17.0. The van der Waals surface area contributed by atoms with E-state index in [4.69, 9.17) is 0 Å². The molecule has 0 bridgehead atoms. The van der Waals surface area contributed by atoms with Gasteiger partial charge in [-0.2, -0.15) is 0 Å². The summed E-state index contributed by atoms with van der Waals surface area (Å²) >= 11 is 0. The molecule has 1 aliphatic carbocycles. The molecule has 2 atom stereocenters. The van der Waals surface area contributed by atoms with Crippen molar-refractivity contribution in [1.82, 2.24) is 15.5 Å².